The summed E-state index contributed by atoms with van der Waals surface area (Å²) in [5.74, 6) is -1.56. The molecular weight excluding hydrogens is 263 g/mol. The van der Waals surface area contributed by atoms with Gasteiger partial charge < -0.3 is 9.67 Å². The maximum absolute atomic E-state index is 13.9. The highest BCUT2D eigenvalue weighted by Crippen LogP contribution is 2.19. The van der Waals surface area contributed by atoms with Crippen LogP contribution in [0.3, 0.4) is 0 Å². The fourth-order valence-electron chi connectivity index (χ4n) is 1.91. The number of aromatic carboxylic acids is 1. The van der Waals surface area contributed by atoms with Crippen molar-refractivity contribution in [2.75, 3.05) is 0 Å². The van der Waals surface area contributed by atoms with Crippen LogP contribution in [0.2, 0.25) is 0 Å². The highest BCUT2D eigenvalue weighted by molar-refractivity contribution is 5.89. The predicted molar refractivity (Wildman–Crippen MR) is 67.6 cm³/mol. The van der Waals surface area contributed by atoms with E-state index in [0.717, 1.165) is 0 Å². The number of rotatable bonds is 3. The van der Waals surface area contributed by atoms with Gasteiger partial charge in [0.2, 0.25) is 5.69 Å². The van der Waals surface area contributed by atoms with E-state index in [4.69, 9.17) is 0 Å². The van der Waals surface area contributed by atoms with E-state index in [1.807, 2.05) is 0 Å². The monoisotopic (exact) mass is 272 g/mol. The van der Waals surface area contributed by atoms with Crippen molar-refractivity contribution in [3.05, 3.63) is 60.3 Å². The molecule has 1 N–H and O–H groups in total. The number of carbonyl (C=O) groups is 1. The van der Waals surface area contributed by atoms with Crippen LogP contribution >= 0.6 is 0 Å². The first-order valence-corrected chi connectivity index (χ1v) is 5.75. The van der Waals surface area contributed by atoms with Gasteiger partial charge in [-0.1, -0.05) is 17.3 Å². The highest BCUT2D eigenvalue weighted by atomic mass is 19.1. The molecule has 1 aromatic carbocycles. The summed E-state index contributed by atoms with van der Waals surface area (Å²) in [6.45, 7) is 0. The molecule has 0 saturated heterocycles. The number of aromatic nitrogens is 4. The van der Waals surface area contributed by atoms with E-state index in [0.29, 0.717) is 0 Å². The molecule has 0 fully saturated rings. The Bertz CT molecular complexity index is 765. The number of carboxylic acid groups (broad SMARTS) is 1. The van der Waals surface area contributed by atoms with Crippen LogP contribution in [-0.2, 0) is 0 Å². The quantitative estimate of drug-likeness (QED) is 0.790. The summed E-state index contributed by atoms with van der Waals surface area (Å²) in [7, 11) is 0. The van der Waals surface area contributed by atoms with Gasteiger partial charge in [0.1, 0.15) is 11.5 Å². The van der Waals surface area contributed by atoms with E-state index >= 15 is 0 Å². The summed E-state index contributed by atoms with van der Waals surface area (Å²) in [4.78, 5) is 11.2. The topological polar surface area (TPSA) is 72.9 Å². The van der Waals surface area contributed by atoms with Gasteiger partial charge in [0.25, 0.3) is 0 Å². The molecule has 0 bridgehead atoms. The van der Waals surface area contributed by atoms with E-state index in [-0.39, 0.29) is 17.2 Å². The van der Waals surface area contributed by atoms with E-state index in [1.54, 1.807) is 36.7 Å². The molecule has 0 aliphatic rings. The van der Waals surface area contributed by atoms with Crippen molar-refractivity contribution in [3.8, 4) is 11.5 Å². The molecule has 0 saturated carbocycles. The Kier molecular flexibility index (Phi) is 2.79. The summed E-state index contributed by atoms with van der Waals surface area (Å²) >= 11 is 0. The minimum Gasteiger partial charge on any atom is -0.476 e. The van der Waals surface area contributed by atoms with Crippen LogP contribution in [0.4, 0.5) is 4.39 Å². The van der Waals surface area contributed by atoms with E-state index < -0.39 is 11.8 Å². The Balaban J connectivity index is 2.28. The van der Waals surface area contributed by atoms with E-state index in [9.17, 15) is 14.3 Å². The average Bonchev–Trinajstić information content (AvgIpc) is 3.07. The van der Waals surface area contributed by atoms with Gasteiger partial charge in [0.05, 0.1) is 0 Å². The summed E-state index contributed by atoms with van der Waals surface area (Å²) in [5, 5.41) is 16.5. The van der Waals surface area contributed by atoms with Gasteiger partial charge in [-0.05, 0) is 24.3 Å². The summed E-state index contributed by atoms with van der Waals surface area (Å²) < 4.78 is 16.6. The second kappa shape index (κ2) is 4.61. The number of carboxylic acids is 1. The van der Waals surface area contributed by atoms with Crippen LogP contribution in [0.25, 0.3) is 11.5 Å². The third kappa shape index (κ3) is 1.85. The van der Waals surface area contributed by atoms with Crippen LogP contribution in [0.1, 0.15) is 10.5 Å². The minimum absolute atomic E-state index is 0.135. The Morgan fingerprint density at radius 2 is 1.85 bits per heavy atom. The molecule has 0 aliphatic carbocycles. The molecular formula is C13H9FN4O2. The van der Waals surface area contributed by atoms with Crippen molar-refractivity contribution >= 4 is 5.97 Å². The molecule has 2 heterocycles. The van der Waals surface area contributed by atoms with Crippen LogP contribution in [0.5, 0.6) is 0 Å². The molecule has 6 nitrogen and oxygen atoms in total. The molecule has 0 aliphatic heterocycles. The minimum atomic E-state index is -1.23. The van der Waals surface area contributed by atoms with Crippen LogP contribution in [0.15, 0.2) is 48.8 Å². The number of halogens is 1. The lowest BCUT2D eigenvalue weighted by atomic mass is 10.3. The van der Waals surface area contributed by atoms with Gasteiger partial charge >= 0.3 is 5.97 Å². The first kappa shape index (κ1) is 12.1. The number of nitrogens with zero attached hydrogens (tertiary/aromatic N) is 4. The molecule has 100 valence electrons. The second-order valence-electron chi connectivity index (χ2n) is 4.02. The fraction of sp³-hybridized carbons (Fsp3) is 0. The van der Waals surface area contributed by atoms with Gasteiger partial charge in [0.15, 0.2) is 5.82 Å². The summed E-state index contributed by atoms with van der Waals surface area (Å²) in [6.07, 6.45) is 3.28. The fourth-order valence-corrected chi connectivity index (χ4v) is 1.91. The zero-order valence-corrected chi connectivity index (χ0v) is 10.1. The van der Waals surface area contributed by atoms with Crippen LogP contribution in [0, 0.1) is 5.82 Å². The van der Waals surface area contributed by atoms with Gasteiger partial charge in [-0.3, -0.25) is 0 Å². The number of hydrogen-bond donors (Lipinski definition) is 1. The highest BCUT2D eigenvalue weighted by Gasteiger charge is 2.22. The molecule has 20 heavy (non-hydrogen) atoms. The molecule has 7 heteroatoms. The molecule has 2 aromatic heterocycles. The Morgan fingerprint density at radius 1 is 1.15 bits per heavy atom. The standard InChI is InChI=1S/C13H9FN4O2/c14-9-5-1-2-6-10(9)18-12(17-7-3-4-8-17)11(13(19)20)15-16-18/h1-8H,(H,19,20). The number of hydrogen-bond acceptors (Lipinski definition) is 3. The average molecular weight is 272 g/mol. The van der Waals surface area contributed by atoms with Gasteiger partial charge in [0, 0.05) is 12.4 Å². The van der Waals surface area contributed by atoms with E-state index in [2.05, 4.69) is 10.3 Å². The SMILES string of the molecule is O=C(O)c1nnn(-c2ccccc2F)c1-n1cccc1. The van der Waals surface area contributed by atoms with Gasteiger partial charge in [-0.15, -0.1) is 5.10 Å². The largest absolute Gasteiger partial charge is 0.476 e. The Hall–Kier alpha value is -2.96. The van der Waals surface area contributed by atoms with Gasteiger partial charge in [-0.2, -0.15) is 4.68 Å². The van der Waals surface area contributed by atoms with Crippen molar-refractivity contribution in [1.29, 1.82) is 0 Å². The lowest BCUT2D eigenvalue weighted by Crippen LogP contribution is -2.09. The zero-order valence-electron chi connectivity index (χ0n) is 10.1. The number of benzene rings is 1. The molecule has 0 unspecified atom stereocenters. The van der Waals surface area contributed by atoms with E-state index in [1.165, 1.54) is 21.4 Å². The summed E-state index contributed by atoms with van der Waals surface area (Å²) in [5.41, 5.74) is -0.111. The lowest BCUT2D eigenvalue weighted by molar-refractivity contribution is 0.0690. The zero-order chi connectivity index (χ0) is 14.1. The first-order valence-electron chi connectivity index (χ1n) is 5.75. The third-order valence-corrected chi connectivity index (χ3v) is 2.78. The summed E-state index contributed by atoms with van der Waals surface area (Å²) in [6, 6.07) is 9.41. The molecule has 0 radical (unpaired) electrons. The molecule has 3 aromatic rings. The van der Waals surface area contributed by atoms with Crippen molar-refractivity contribution in [2.45, 2.75) is 0 Å². The van der Waals surface area contributed by atoms with Gasteiger partial charge in [-0.25, -0.2) is 9.18 Å². The van der Waals surface area contributed by atoms with Crippen LogP contribution in [-0.4, -0.2) is 30.6 Å². The lowest BCUT2D eigenvalue weighted by Gasteiger charge is -2.08. The maximum Gasteiger partial charge on any atom is 0.360 e. The first-order chi connectivity index (χ1) is 9.68. The third-order valence-electron chi connectivity index (χ3n) is 2.78. The van der Waals surface area contributed by atoms with Crippen LogP contribution < -0.4 is 0 Å². The maximum atomic E-state index is 13.9. The Labute approximate surface area is 112 Å². The Morgan fingerprint density at radius 3 is 2.50 bits per heavy atom. The van der Waals surface area contributed by atoms with Crippen molar-refractivity contribution in [1.82, 2.24) is 19.6 Å². The van der Waals surface area contributed by atoms with Crippen molar-refractivity contribution < 1.29 is 14.3 Å². The smallest absolute Gasteiger partial charge is 0.360 e. The normalized spacial score (nSPS) is 10.7. The number of para-hydroxylation sites is 1. The molecule has 0 spiro atoms. The van der Waals surface area contributed by atoms with Crippen molar-refractivity contribution in [3.63, 3.8) is 0 Å². The molecule has 3 rings (SSSR count). The predicted octanol–water partition coefficient (Wildman–Crippen LogP) is 1.90. The van der Waals surface area contributed by atoms with Crippen molar-refractivity contribution in [2.24, 2.45) is 0 Å². The molecule has 0 atom stereocenters. The second-order valence-corrected chi connectivity index (χ2v) is 4.02. The molecule has 0 amide bonds.